The molecule has 0 amide bonds. The molecule has 0 heterocycles. The van der Waals surface area contributed by atoms with Crippen molar-refractivity contribution in [1.29, 1.82) is 0 Å². The first kappa shape index (κ1) is 12.0. The molecule has 14 heavy (non-hydrogen) atoms. The van der Waals surface area contributed by atoms with E-state index in [1.807, 2.05) is 20.8 Å². The van der Waals surface area contributed by atoms with Crippen LogP contribution in [0.1, 0.15) is 53.9 Å². The maximum absolute atomic E-state index is 5.53. The fourth-order valence-electron chi connectivity index (χ4n) is 1.82. The predicted octanol–water partition coefficient (Wildman–Crippen LogP) is 3.56. The zero-order valence-electron chi connectivity index (χ0n) is 10.2. The van der Waals surface area contributed by atoms with Crippen LogP contribution in [0.2, 0.25) is 0 Å². The average molecular weight is 200 g/mol. The smallest absolute Gasteiger partial charge is 0.0958 e. The van der Waals surface area contributed by atoms with Crippen molar-refractivity contribution in [3.8, 4) is 0 Å². The molecule has 0 aromatic heterocycles. The molecule has 1 aliphatic rings. The minimum Gasteiger partial charge on any atom is -0.233 e. The summed E-state index contributed by atoms with van der Waals surface area (Å²) < 4.78 is 0. The average Bonchev–Trinajstić information content (AvgIpc) is 2.05. The lowest BCUT2D eigenvalue weighted by molar-refractivity contribution is -0.383. The molecule has 0 aromatic rings. The van der Waals surface area contributed by atoms with Crippen LogP contribution >= 0.6 is 0 Å². The van der Waals surface area contributed by atoms with E-state index in [0.29, 0.717) is 5.92 Å². The lowest BCUT2D eigenvalue weighted by Crippen LogP contribution is -2.32. The third-order valence-electron chi connectivity index (χ3n) is 2.81. The van der Waals surface area contributed by atoms with E-state index in [1.165, 1.54) is 12.8 Å². The summed E-state index contributed by atoms with van der Waals surface area (Å²) in [5.74, 6) is 1.41. The highest BCUT2D eigenvalue weighted by atomic mass is 17.2. The maximum Gasteiger partial charge on any atom is 0.0958 e. The summed E-state index contributed by atoms with van der Waals surface area (Å²) in [5, 5.41) is 0. The zero-order valence-corrected chi connectivity index (χ0v) is 10.2. The minimum atomic E-state index is -0.194. The van der Waals surface area contributed by atoms with Gasteiger partial charge in [0.25, 0.3) is 0 Å². The molecule has 0 spiro atoms. The summed E-state index contributed by atoms with van der Waals surface area (Å²) >= 11 is 0. The molecule has 0 saturated heterocycles. The van der Waals surface area contributed by atoms with Gasteiger partial charge in [0.2, 0.25) is 0 Å². The number of hydrogen-bond donors (Lipinski definition) is 0. The van der Waals surface area contributed by atoms with Crippen LogP contribution in [0.15, 0.2) is 0 Å². The van der Waals surface area contributed by atoms with Gasteiger partial charge >= 0.3 is 0 Å². The second-order valence-corrected chi connectivity index (χ2v) is 5.73. The van der Waals surface area contributed by atoms with Gasteiger partial charge in [-0.25, -0.2) is 9.78 Å². The lowest BCUT2D eigenvalue weighted by Gasteiger charge is -2.33. The van der Waals surface area contributed by atoms with E-state index < -0.39 is 0 Å². The molecular formula is C12H24O2. The van der Waals surface area contributed by atoms with E-state index in [2.05, 4.69) is 13.8 Å². The summed E-state index contributed by atoms with van der Waals surface area (Å²) in [5.41, 5.74) is -0.194. The molecule has 0 radical (unpaired) electrons. The summed E-state index contributed by atoms with van der Waals surface area (Å²) in [6, 6.07) is 0. The van der Waals surface area contributed by atoms with Crippen molar-refractivity contribution in [3.05, 3.63) is 0 Å². The monoisotopic (exact) mass is 200 g/mol. The van der Waals surface area contributed by atoms with Gasteiger partial charge in [-0.3, -0.25) is 0 Å². The fourth-order valence-corrected chi connectivity index (χ4v) is 1.82. The van der Waals surface area contributed by atoms with Crippen molar-refractivity contribution in [2.45, 2.75) is 65.6 Å². The van der Waals surface area contributed by atoms with Crippen LogP contribution in [0.3, 0.4) is 0 Å². The molecule has 1 aliphatic carbocycles. The lowest BCUT2D eigenvalue weighted by atomic mass is 9.82. The van der Waals surface area contributed by atoms with Crippen molar-refractivity contribution < 1.29 is 9.78 Å². The first-order valence-corrected chi connectivity index (χ1v) is 5.73. The van der Waals surface area contributed by atoms with Gasteiger partial charge in [0.1, 0.15) is 0 Å². The predicted molar refractivity (Wildman–Crippen MR) is 57.9 cm³/mol. The number of rotatable bonds is 2. The summed E-state index contributed by atoms with van der Waals surface area (Å²) in [4.78, 5) is 10.9. The molecule has 0 aromatic carbocycles. The zero-order chi connectivity index (χ0) is 10.8. The van der Waals surface area contributed by atoms with Crippen molar-refractivity contribution in [2.24, 2.45) is 11.8 Å². The van der Waals surface area contributed by atoms with Crippen LogP contribution in [0, 0.1) is 11.8 Å². The standard InChI is InChI=1S/C12H24O2/c1-9-6-7-10(2)11(8-9)13-14-12(3,4)5/h9-11H,6-8H2,1-5H3. The van der Waals surface area contributed by atoms with Crippen molar-refractivity contribution in [2.75, 3.05) is 0 Å². The molecular weight excluding hydrogens is 176 g/mol. The molecule has 0 N–H and O–H groups in total. The topological polar surface area (TPSA) is 18.5 Å². The Morgan fingerprint density at radius 2 is 1.71 bits per heavy atom. The SMILES string of the molecule is CC1CCC(C)C(OOC(C)(C)C)C1. The Morgan fingerprint density at radius 3 is 2.29 bits per heavy atom. The third kappa shape index (κ3) is 3.97. The molecule has 2 heteroatoms. The Bertz CT molecular complexity index is 172. The van der Waals surface area contributed by atoms with Gasteiger partial charge in [0, 0.05) is 0 Å². The van der Waals surface area contributed by atoms with Crippen molar-refractivity contribution in [1.82, 2.24) is 0 Å². The quantitative estimate of drug-likeness (QED) is 0.501. The van der Waals surface area contributed by atoms with Gasteiger partial charge in [-0.05, 0) is 45.4 Å². The second-order valence-electron chi connectivity index (χ2n) is 5.73. The molecule has 84 valence electrons. The van der Waals surface area contributed by atoms with E-state index >= 15 is 0 Å². The van der Waals surface area contributed by atoms with Crippen LogP contribution in [-0.4, -0.2) is 11.7 Å². The van der Waals surface area contributed by atoms with Crippen LogP contribution in [-0.2, 0) is 9.78 Å². The highest BCUT2D eigenvalue weighted by molar-refractivity contribution is 4.75. The Morgan fingerprint density at radius 1 is 1.07 bits per heavy atom. The highest BCUT2D eigenvalue weighted by Crippen LogP contribution is 2.31. The van der Waals surface area contributed by atoms with Crippen LogP contribution < -0.4 is 0 Å². The summed E-state index contributed by atoms with van der Waals surface area (Å²) in [6.07, 6.45) is 4.02. The normalized spacial score (nSPS) is 34.5. The third-order valence-corrected chi connectivity index (χ3v) is 2.81. The largest absolute Gasteiger partial charge is 0.233 e. The molecule has 1 fully saturated rings. The Kier molecular flexibility index (Phi) is 3.96. The van der Waals surface area contributed by atoms with Gasteiger partial charge in [-0.2, -0.15) is 0 Å². The Balaban J connectivity index is 2.35. The van der Waals surface area contributed by atoms with E-state index in [1.54, 1.807) is 0 Å². The maximum atomic E-state index is 5.53. The van der Waals surface area contributed by atoms with E-state index in [4.69, 9.17) is 9.78 Å². The molecule has 1 saturated carbocycles. The summed E-state index contributed by atoms with van der Waals surface area (Å²) in [6.45, 7) is 10.6. The van der Waals surface area contributed by atoms with E-state index in [-0.39, 0.29) is 11.7 Å². The molecule has 3 atom stereocenters. The molecule has 0 bridgehead atoms. The first-order valence-electron chi connectivity index (χ1n) is 5.73. The highest BCUT2D eigenvalue weighted by Gasteiger charge is 2.28. The van der Waals surface area contributed by atoms with Crippen LogP contribution in [0.4, 0.5) is 0 Å². The number of hydrogen-bond acceptors (Lipinski definition) is 2. The van der Waals surface area contributed by atoms with Gasteiger partial charge < -0.3 is 0 Å². The first-order chi connectivity index (χ1) is 6.38. The Labute approximate surface area is 87.9 Å². The van der Waals surface area contributed by atoms with Gasteiger partial charge in [-0.15, -0.1) is 0 Å². The van der Waals surface area contributed by atoms with E-state index in [9.17, 15) is 0 Å². The molecule has 1 rings (SSSR count). The molecule has 2 nitrogen and oxygen atoms in total. The minimum absolute atomic E-state index is 0.194. The van der Waals surface area contributed by atoms with Crippen LogP contribution in [0.25, 0.3) is 0 Å². The van der Waals surface area contributed by atoms with Gasteiger partial charge in [-0.1, -0.05) is 20.3 Å². The summed E-state index contributed by atoms with van der Waals surface area (Å²) in [7, 11) is 0. The molecule has 3 unspecified atom stereocenters. The fraction of sp³-hybridized carbons (Fsp3) is 1.00. The van der Waals surface area contributed by atoms with Crippen molar-refractivity contribution in [3.63, 3.8) is 0 Å². The van der Waals surface area contributed by atoms with Gasteiger partial charge in [0.05, 0.1) is 11.7 Å². The van der Waals surface area contributed by atoms with E-state index in [0.717, 1.165) is 12.3 Å². The van der Waals surface area contributed by atoms with Crippen LogP contribution in [0.5, 0.6) is 0 Å². The Hall–Kier alpha value is -0.0800. The van der Waals surface area contributed by atoms with Gasteiger partial charge in [0.15, 0.2) is 0 Å². The second kappa shape index (κ2) is 4.63. The van der Waals surface area contributed by atoms with Crippen molar-refractivity contribution >= 4 is 0 Å². The molecule has 0 aliphatic heterocycles.